The minimum atomic E-state index is -1.92. The molecular weight excluding hydrogens is 518 g/mol. The van der Waals surface area contributed by atoms with Gasteiger partial charge in [-0.25, -0.2) is 8.78 Å². The van der Waals surface area contributed by atoms with Crippen molar-refractivity contribution in [1.82, 2.24) is 16.0 Å². The van der Waals surface area contributed by atoms with Crippen LogP contribution in [0.3, 0.4) is 0 Å². The van der Waals surface area contributed by atoms with E-state index in [0.717, 1.165) is 18.1 Å². The van der Waals surface area contributed by atoms with Crippen LogP contribution in [-0.2, 0) is 30.5 Å². The van der Waals surface area contributed by atoms with Crippen LogP contribution in [0.1, 0.15) is 24.5 Å². The molecule has 0 heterocycles. The SMILES string of the molecule is Cc1ccccc1CNC(=O)C(=O)N[C@@H](C)C(=O)N[C@@H](CC(=O)O)C(=O)COc1c(F)c(F)cc(F)c1F. The molecule has 2 aromatic rings. The van der Waals surface area contributed by atoms with Crippen LogP contribution in [0.4, 0.5) is 17.6 Å². The van der Waals surface area contributed by atoms with Crippen LogP contribution in [0.25, 0.3) is 0 Å². The Balaban J connectivity index is 1.98. The van der Waals surface area contributed by atoms with Crippen LogP contribution >= 0.6 is 0 Å². The predicted molar refractivity (Wildman–Crippen MR) is 122 cm³/mol. The maximum Gasteiger partial charge on any atom is 0.309 e. The monoisotopic (exact) mass is 541 g/mol. The molecule has 2 rings (SSSR count). The van der Waals surface area contributed by atoms with E-state index in [-0.39, 0.29) is 12.6 Å². The molecule has 2 aromatic carbocycles. The lowest BCUT2D eigenvalue weighted by atomic mass is 10.1. The first-order valence-corrected chi connectivity index (χ1v) is 11.0. The molecule has 4 N–H and O–H groups in total. The molecule has 0 unspecified atom stereocenters. The molecule has 0 fully saturated rings. The summed E-state index contributed by atoms with van der Waals surface area (Å²) in [5.41, 5.74) is 1.62. The third-order valence-corrected chi connectivity index (χ3v) is 5.16. The quantitative estimate of drug-likeness (QED) is 0.190. The summed E-state index contributed by atoms with van der Waals surface area (Å²) in [6.07, 6.45) is -1.01. The Morgan fingerprint density at radius 3 is 2.13 bits per heavy atom. The van der Waals surface area contributed by atoms with Gasteiger partial charge < -0.3 is 25.8 Å². The van der Waals surface area contributed by atoms with Crippen molar-refractivity contribution in [2.45, 2.75) is 38.9 Å². The van der Waals surface area contributed by atoms with Gasteiger partial charge in [-0.1, -0.05) is 24.3 Å². The van der Waals surface area contributed by atoms with Crippen LogP contribution in [-0.4, -0.2) is 53.3 Å². The Morgan fingerprint density at radius 2 is 1.55 bits per heavy atom. The Morgan fingerprint density at radius 1 is 0.947 bits per heavy atom. The summed E-state index contributed by atoms with van der Waals surface area (Å²) in [4.78, 5) is 60.1. The summed E-state index contributed by atoms with van der Waals surface area (Å²) in [5.74, 6) is -15.1. The van der Waals surface area contributed by atoms with Crippen molar-refractivity contribution < 1.29 is 51.4 Å². The van der Waals surface area contributed by atoms with E-state index in [1.54, 1.807) is 31.2 Å². The molecule has 0 spiro atoms. The van der Waals surface area contributed by atoms with Gasteiger partial charge in [-0.2, -0.15) is 8.78 Å². The maximum absolute atomic E-state index is 13.7. The molecule has 204 valence electrons. The van der Waals surface area contributed by atoms with Crippen molar-refractivity contribution in [1.29, 1.82) is 0 Å². The second kappa shape index (κ2) is 13.2. The average Bonchev–Trinajstić information content (AvgIpc) is 2.85. The number of ether oxygens (including phenoxy) is 1. The van der Waals surface area contributed by atoms with E-state index in [1.807, 2.05) is 5.32 Å². The van der Waals surface area contributed by atoms with Gasteiger partial charge in [0.25, 0.3) is 0 Å². The Labute approximate surface area is 213 Å². The lowest BCUT2D eigenvalue weighted by Gasteiger charge is -2.20. The van der Waals surface area contributed by atoms with E-state index < -0.39 is 83.6 Å². The number of hydrogen-bond donors (Lipinski definition) is 4. The van der Waals surface area contributed by atoms with E-state index in [1.165, 1.54) is 0 Å². The zero-order chi connectivity index (χ0) is 28.6. The normalized spacial score (nSPS) is 12.2. The number of aliphatic carboxylic acids is 1. The van der Waals surface area contributed by atoms with Gasteiger partial charge in [-0.15, -0.1) is 0 Å². The van der Waals surface area contributed by atoms with E-state index >= 15 is 0 Å². The molecular formula is C24H23F4N3O7. The molecule has 0 aliphatic carbocycles. The number of Topliss-reactive ketones (excluding diaryl/α,β-unsaturated/α-hetero) is 1. The molecule has 0 bridgehead atoms. The van der Waals surface area contributed by atoms with E-state index in [4.69, 9.17) is 5.11 Å². The second-order valence-electron chi connectivity index (χ2n) is 8.02. The summed E-state index contributed by atoms with van der Waals surface area (Å²) in [6, 6.07) is 3.75. The number of halogens is 4. The average molecular weight is 541 g/mol. The third kappa shape index (κ3) is 8.01. The topological polar surface area (TPSA) is 151 Å². The molecule has 0 radical (unpaired) electrons. The van der Waals surface area contributed by atoms with Crippen LogP contribution < -0.4 is 20.7 Å². The van der Waals surface area contributed by atoms with Crippen molar-refractivity contribution in [2.75, 3.05) is 6.61 Å². The van der Waals surface area contributed by atoms with Crippen LogP contribution in [0.5, 0.6) is 5.75 Å². The highest BCUT2D eigenvalue weighted by atomic mass is 19.2. The number of hydrogen-bond acceptors (Lipinski definition) is 6. The number of carbonyl (C=O) groups is 5. The lowest BCUT2D eigenvalue weighted by Crippen LogP contribution is -2.53. The number of ketones is 1. The van der Waals surface area contributed by atoms with Crippen LogP contribution in [0.2, 0.25) is 0 Å². The van der Waals surface area contributed by atoms with Crippen molar-refractivity contribution >= 4 is 29.5 Å². The second-order valence-corrected chi connectivity index (χ2v) is 8.02. The summed E-state index contributed by atoms with van der Waals surface area (Å²) < 4.78 is 58.6. The number of carboxylic acid groups (broad SMARTS) is 1. The summed E-state index contributed by atoms with van der Waals surface area (Å²) in [5, 5.41) is 15.5. The Kier molecular flexibility index (Phi) is 10.3. The fraction of sp³-hybridized carbons (Fsp3) is 0.292. The molecule has 10 nitrogen and oxygen atoms in total. The fourth-order valence-electron chi connectivity index (χ4n) is 3.03. The van der Waals surface area contributed by atoms with Crippen molar-refractivity contribution in [2.24, 2.45) is 0 Å². The number of carboxylic acids is 1. The first-order chi connectivity index (χ1) is 17.8. The number of amides is 3. The summed E-state index contributed by atoms with van der Waals surface area (Å²) in [6.45, 7) is 1.71. The highest BCUT2D eigenvalue weighted by Crippen LogP contribution is 2.26. The number of aryl methyl sites for hydroxylation is 1. The highest BCUT2D eigenvalue weighted by Gasteiger charge is 2.29. The third-order valence-electron chi connectivity index (χ3n) is 5.16. The smallest absolute Gasteiger partial charge is 0.309 e. The van der Waals surface area contributed by atoms with E-state index in [9.17, 15) is 41.5 Å². The number of nitrogens with one attached hydrogen (secondary N) is 3. The summed E-state index contributed by atoms with van der Waals surface area (Å²) in [7, 11) is 0. The fourth-order valence-corrected chi connectivity index (χ4v) is 3.03. The molecule has 14 heteroatoms. The van der Waals surface area contributed by atoms with Gasteiger partial charge in [0, 0.05) is 12.6 Å². The maximum atomic E-state index is 13.7. The number of rotatable bonds is 11. The van der Waals surface area contributed by atoms with Crippen LogP contribution in [0.15, 0.2) is 30.3 Å². The molecule has 0 aliphatic rings. The number of benzene rings is 2. The molecule has 38 heavy (non-hydrogen) atoms. The van der Waals surface area contributed by atoms with Crippen molar-refractivity contribution in [3.05, 3.63) is 64.7 Å². The number of carbonyl (C=O) groups excluding carboxylic acids is 4. The van der Waals surface area contributed by atoms with E-state index in [0.29, 0.717) is 0 Å². The molecule has 0 saturated heterocycles. The minimum absolute atomic E-state index is 0.0328. The van der Waals surface area contributed by atoms with Gasteiger partial charge in [0.1, 0.15) is 18.7 Å². The van der Waals surface area contributed by atoms with Crippen molar-refractivity contribution in [3.8, 4) is 5.75 Å². The minimum Gasteiger partial charge on any atom is -0.481 e. The first kappa shape index (κ1) is 29.7. The van der Waals surface area contributed by atoms with E-state index in [2.05, 4.69) is 15.4 Å². The Bertz CT molecular complexity index is 1230. The zero-order valence-electron chi connectivity index (χ0n) is 20.1. The molecule has 3 amide bonds. The van der Waals surface area contributed by atoms with Crippen molar-refractivity contribution in [3.63, 3.8) is 0 Å². The molecule has 0 aliphatic heterocycles. The highest BCUT2D eigenvalue weighted by molar-refractivity contribution is 6.35. The Hall–Kier alpha value is -4.49. The predicted octanol–water partition coefficient (Wildman–Crippen LogP) is 1.28. The molecule has 2 atom stereocenters. The lowest BCUT2D eigenvalue weighted by molar-refractivity contribution is -0.142. The molecule has 0 aromatic heterocycles. The van der Waals surface area contributed by atoms with Gasteiger partial charge >= 0.3 is 17.8 Å². The largest absolute Gasteiger partial charge is 0.481 e. The van der Waals surface area contributed by atoms with Gasteiger partial charge in [0.15, 0.2) is 23.2 Å². The van der Waals surface area contributed by atoms with Gasteiger partial charge in [-0.05, 0) is 25.0 Å². The van der Waals surface area contributed by atoms with Crippen LogP contribution in [0, 0.1) is 30.2 Å². The molecule has 0 saturated carbocycles. The first-order valence-electron chi connectivity index (χ1n) is 11.0. The van der Waals surface area contributed by atoms with Gasteiger partial charge in [0.2, 0.25) is 17.5 Å². The summed E-state index contributed by atoms with van der Waals surface area (Å²) >= 11 is 0. The standard InChI is InChI=1S/C24H23F4N3O7/c1-11-5-3-4-6-13(11)9-29-23(36)24(37)30-12(2)22(35)31-16(8-18(33)34)17(32)10-38-21-19(27)14(25)7-15(26)20(21)28/h3-7,12,16H,8-10H2,1-2H3,(H,29,36)(H,30,37)(H,31,35)(H,33,34)/t12-,16-/m0/s1. The zero-order valence-corrected chi connectivity index (χ0v) is 20.1. The van der Waals surface area contributed by atoms with Gasteiger partial charge in [0.05, 0.1) is 6.42 Å². The van der Waals surface area contributed by atoms with Gasteiger partial charge in [-0.3, -0.25) is 24.0 Å².